The summed E-state index contributed by atoms with van der Waals surface area (Å²) in [5.74, 6) is -0.896. The van der Waals surface area contributed by atoms with Crippen molar-refractivity contribution < 1.29 is 15.0 Å². The number of carbonyl (C=O) groups is 1. The Labute approximate surface area is 106 Å². The van der Waals surface area contributed by atoms with E-state index in [1.807, 2.05) is 0 Å². The van der Waals surface area contributed by atoms with E-state index < -0.39 is 0 Å². The van der Waals surface area contributed by atoms with Gasteiger partial charge in [0.25, 0.3) is 0 Å². The first kappa shape index (κ1) is 12.0. The summed E-state index contributed by atoms with van der Waals surface area (Å²) < 4.78 is 0.706. The van der Waals surface area contributed by atoms with Crippen molar-refractivity contribution in [2.45, 2.75) is 0 Å². The van der Waals surface area contributed by atoms with Crippen molar-refractivity contribution in [2.75, 3.05) is 5.33 Å². The molecule has 0 heterocycles. The molecule has 3 nitrogen and oxygen atoms in total. The van der Waals surface area contributed by atoms with Gasteiger partial charge < -0.3 is 10.2 Å². The normalized spacial score (nSPS) is 10.2. The van der Waals surface area contributed by atoms with Crippen LogP contribution >= 0.6 is 47.8 Å². The summed E-state index contributed by atoms with van der Waals surface area (Å²) in [7, 11) is 0. The summed E-state index contributed by atoms with van der Waals surface area (Å²) in [6, 6.07) is 1.47. The second kappa shape index (κ2) is 4.63. The van der Waals surface area contributed by atoms with Gasteiger partial charge in [-0.05, 0) is 37.9 Å². The largest absolute Gasteiger partial charge is 0.506 e. The number of rotatable bonds is 2. The third kappa shape index (κ3) is 2.12. The second-order valence-corrected chi connectivity index (χ2v) is 4.74. The maximum Gasteiger partial charge on any atom is 0.180 e. The SMILES string of the molecule is O=C(CBr)c1c(O)c(Br)cc(Br)c1O. The molecule has 14 heavy (non-hydrogen) atoms. The average molecular weight is 389 g/mol. The van der Waals surface area contributed by atoms with Crippen molar-refractivity contribution in [1.82, 2.24) is 0 Å². The van der Waals surface area contributed by atoms with Gasteiger partial charge in [0.05, 0.1) is 14.3 Å². The molecular weight excluding hydrogens is 384 g/mol. The Hall–Kier alpha value is -0.0700. The van der Waals surface area contributed by atoms with Crippen LogP contribution in [0, 0.1) is 0 Å². The number of ketones is 1. The van der Waals surface area contributed by atoms with Crippen molar-refractivity contribution >= 4 is 53.6 Å². The van der Waals surface area contributed by atoms with E-state index in [0.29, 0.717) is 8.95 Å². The van der Waals surface area contributed by atoms with Gasteiger partial charge >= 0.3 is 0 Å². The third-order valence-electron chi connectivity index (χ3n) is 1.58. The van der Waals surface area contributed by atoms with Crippen LogP contribution in [0.2, 0.25) is 0 Å². The number of Topliss-reactive ketones (excluding diaryl/α,β-unsaturated/α-hetero) is 1. The lowest BCUT2D eigenvalue weighted by Crippen LogP contribution is -2.01. The highest BCUT2D eigenvalue weighted by molar-refractivity contribution is 9.11. The maximum atomic E-state index is 11.4. The van der Waals surface area contributed by atoms with Gasteiger partial charge in [-0.1, -0.05) is 15.9 Å². The van der Waals surface area contributed by atoms with E-state index in [2.05, 4.69) is 47.8 Å². The Morgan fingerprint density at radius 2 is 1.64 bits per heavy atom. The zero-order valence-electron chi connectivity index (χ0n) is 6.72. The van der Waals surface area contributed by atoms with Crippen molar-refractivity contribution in [3.05, 3.63) is 20.6 Å². The highest BCUT2D eigenvalue weighted by Crippen LogP contribution is 2.40. The van der Waals surface area contributed by atoms with Crippen LogP contribution < -0.4 is 0 Å². The Kier molecular flexibility index (Phi) is 3.97. The Balaban J connectivity index is 3.47. The number of phenolic OH excluding ortho intramolecular Hbond substituents is 2. The van der Waals surface area contributed by atoms with Crippen LogP contribution in [0.4, 0.5) is 0 Å². The average Bonchev–Trinajstić information content (AvgIpc) is 2.15. The summed E-state index contributed by atoms with van der Waals surface area (Å²) >= 11 is 9.11. The highest BCUT2D eigenvalue weighted by atomic mass is 79.9. The zero-order valence-corrected chi connectivity index (χ0v) is 11.5. The lowest BCUT2D eigenvalue weighted by atomic mass is 10.1. The molecule has 0 saturated heterocycles. The van der Waals surface area contributed by atoms with Gasteiger partial charge in [-0.25, -0.2) is 0 Å². The Morgan fingerprint density at radius 3 is 2.00 bits per heavy atom. The number of halogens is 3. The van der Waals surface area contributed by atoms with E-state index in [0.717, 1.165) is 0 Å². The van der Waals surface area contributed by atoms with Crippen molar-refractivity contribution in [2.24, 2.45) is 0 Å². The lowest BCUT2D eigenvalue weighted by molar-refractivity contribution is 0.101. The number of alkyl halides is 1. The molecule has 6 heteroatoms. The van der Waals surface area contributed by atoms with E-state index in [-0.39, 0.29) is 28.2 Å². The summed E-state index contributed by atoms with van der Waals surface area (Å²) in [6.45, 7) is 0. The zero-order chi connectivity index (χ0) is 10.9. The molecule has 0 aliphatic heterocycles. The minimum absolute atomic E-state index is 0.0387. The van der Waals surface area contributed by atoms with Gasteiger partial charge in [-0.3, -0.25) is 4.79 Å². The summed E-state index contributed by atoms with van der Waals surface area (Å²) in [4.78, 5) is 11.4. The fraction of sp³-hybridized carbons (Fsp3) is 0.125. The van der Waals surface area contributed by atoms with Crippen molar-refractivity contribution in [3.8, 4) is 11.5 Å². The van der Waals surface area contributed by atoms with Crippen LogP contribution in [0.15, 0.2) is 15.0 Å². The van der Waals surface area contributed by atoms with Gasteiger partial charge in [0.1, 0.15) is 17.1 Å². The number of carbonyl (C=O) groups excluding carboxylic acids is 1. The fourth-order valence-corrected chi connectivity index (χ4v) is 2.37. The van der Waals surface area contributed by atoms with E-state index in [4.69, 9.17) is 0 Å². The maximum absolute atomic E-state index is 11.4. The molecule has 0 spiro atoms. The Bertz CT molecular complexity index is 364. The smallest absolute Gasteiger partial charge is 0.180 e. The van der Waals surface area contributed by atoms with Crippen molar-refractivity contribution in [3.63, 3.8) is 0 Å². The molecule has 0 saturated carbocycles. The molecule has 1 rings (SSSR count). The van der Waals surface area contributed by atoms with Gasteiger partial charge in [0.2, 0.25) is 0 Å². The summed E-state index contributed by atoms with van der Waals surface area (Å²) in [6.07, 6.45) is 0. The molecule has 0 amide bonds. The van der Waals surface area contributed by atoms with Crippen LogP contribution in [-0.4, -0.2) is 21.3 Å². The van der Waals surface area contributed by atoms with E-state index in [1.54, 1.807) is 0 Å². The number of aromatic hydroxyl groups is 2. The van der Waals surface area contributed by atoms with Gasteiger partial charge in [-0.2, -0.15) is 0 Å². The standard InChI is InChI=1S/C8H5Br3O3/c9-2-5(12)6-7(13)3(10)1-4(11)8(6)14/h1,13-14H,2H2. The lowest BCUT2D eigenvalue weighted by Gasteiger charge is -2.08. The fourth-order valence-electron chi connectivity index (χ4n) is 0.930. The molecule has 0 aliphatic rings. The summed E-state index contributed by atoms with van der Waals surface area (Å²) in [5.41, 5.74) is -0.0943. The van der Waals surface area contributed by atoms with E-state index in [9.17, 15) is 15.0 Å². The molecule has 1 aromatic rings. The quantitative estimate of drug-likeness (QED) is 0.604. The van der Waals surface area contributed by atoms with Gasteiger partial charge in [0, 0.05) is 0 Å². The molecule has 0 aliphatic carbocycles. The van der Waals surface area contributed by atoms with Crippen LogP contribution in [0.25, 0.3) is 0 Å². The molecule has 0 aromatic heterocycles. The van der Waals surface area contributed by atoms with Gasteiger partial charge in [-0.15, -0.1) is 0 Å². The predicted octanol–water partition coefficient (Wildman–Crippen LogP) is 3.20. The molecule has 0 unspecified atom stereocenters. The van der Waals surface area contributed by atoms with Crippen LogP contribution in [0.3, 0.4) is 0 Å². The molecule has 0 bridgehead atoms. The molecule has 0 fully saturated rings. The molecule has 0 radical (unpaired) electrons. The van der Waals surface area contributed by atoms with E-state index >= 15 is 0 Å². The minimum Gasteiger partial charge on any atom is -0.506 e. The molecule has 0 atom stereocenters. The first-order valence-electron chi connectivity index (χ1n) is 3.48. The Morgan fingerprint density at radius 1 is 1.21 bits per heavy atom. The van der Waals surface area contributed by atoms with Crippen LogP contribution in [0.1, 0.15) is 10.4 Å². The third-order valence-corrected chi connectivity index (χ3v) is 3.30. The molecule has 1 aromatic carbocycles. The van der Waals surface area contributed by atoms with Gasteiger partial charge in [0.15, 0.2) is 5.78 Å². The molecular formula is C8H5Br3O3. The minimum atomic E-state index is -0.387. The van der Waals surface area contributed by atoms with Crippen LogP contribution in [0.5, 0.6) is 11.5 Å². The first-order valence-corrected chi connectivity index (χ1v) is 6.18. The summed E-state index contributed by atoms with van der Waals surface area (Å²) in [5, 5.41) is 19.1. The van der Waals surface area contributed by atoms with E-state index in [1.165, 1.54) is 6.07 Å². The van der Waals surface area contributed by atoms with Crippen molar-refractivity contribution in [1.29, 1.82) is 0 Å². The molecule has 76 valence electrons. The topological polar surface area (TPSA) is 57.5 Å². The number of hydrogen-bond donors (Lipinski definition) is 2. The number of phenols is 2. The monoisotopic (exact) mass is 386 g/mol. The first-order chi connectivity index (χ1) is 6.49. The van der Waals surface area contributed by atoms with Crippen LogP contribution in [-0.2, 0) is 0 Å². The predicted molar refractivity (Wildman–Crippen MR) is 63.3 cm³/mol. The molecule has 2 N–H and O–H groups in total. The highest BCUT2D eigenvalue weighted by Gasteiger charge is 2.20. The number of benzene rings is 1. The number of hydrogen-bond acceptors (Lipinski definition) is 3. The second-order valence-electron chi connectivity index (χ2n) is 2.47.